The summed E-state index contributed by atoms with van der Waals surface area (Å²) in [5.41, 5.74) is -1.44. The third-order valence-electron chi connectivity index (χ3n) is 2.72. The van der Waals surface area contributed by atoms with Crippen LogP contribution in [0.1, 0.15) is 40.5 Å². The molecule has 0 aromatic carbocycles. The lowest BCUT2D eigenvalue weighted by Gasteiger charge is -2.26. The Morgan fingerprint density at radius 2 is 1.70 bits per heavy atom. The summed E-state index contributed by atoms with van der Waals surface area (Å²) in [5, 5.41) is 0. The van der Waals surface area contributed by atoms with Crippen LogP contribution in [0.5, 0.6) is 0 Å². The van der Waals surface area contributed by atoms with E-state index in [1.807, 2.05) is 19.9 Å². The Morgan fingerprint density at radius 3 is 2.05 bits per heavy atom. The van der Waals surface area contributed by atoms with Gasteiger partial charge >= 0.3 is 11.9 Å². The fraction of sp³-hybridized carbons (Fsp3) is 0.625. The molecule has 0 saturated heterocycles. The summed E-state index contributed by atoms with van der Waals surface area (Å²) in [6.07, 6.45) is 9.19. The zero-order valence-corrected chi connectivity index (χ0v) is 12.8. The number of carbonyl (C=O) groups is 2. The van der Waals surface area contributed by atoms with Crippen LogP contribution in [-0.4, -0.2) is 25.2 Å². The second-order valence-corrected chi connectivity index (χ2v) is 4.78. The van der Waals surface area contributed by atoms with Crippen molar-refractivity contribution in [2.45, 2.75) is 40.5 Å². The molecule has 0 heterocycles. The molecule has 0 atom stereocenters. The quantitative estimate of drug-likeness (QED) is 0.297. The van der Waals surface area contributed by atoms with Gasteiger partial charge < -0.3 is 9.47 Å². The van der Waals surface area contributed by atoms with Crippen LogP contribution >= 0.6 is 0 Å². The molecule has 0 N–H and O–H groups in total. The van der Waals surface area contributed by atoms with Gasteiger partial charge in [-0.15, -0.1) is 12.3 Å². The Hall–Kier alpha value is -1.76. The Morgan fingerprint density at radius 1 is 1.20 bits per heavy atom. The van der Waals surface area contributed by atoms with E-state index in [4.69, 9.17) is 15.9 Å². The fourth-order valence-electron chi connectivity index (χ4n) is 1.72. The van der Waals surface area contributed by atoms with Gasteiger partial charge in [-0.3, -0.25) is 9.59 Å². The normalized spacial score (nSPS) is 11.4. The monoisotopic (exact) mass is 280 g/mol. The number of allylic oxidation sites excluding steroid dienone is 2. The maximum atomic E-state index is 12.2. The maximum absolute atomic E-state index is 12.2. The number of carbonyl (C=O) groups excluding carboxylic acids is 2. The average molecular weight is 280 g/mol. The molecule has 0 spiro atoms. The first-order valence-electron chi connectivity index (χ1n) is 6.89. The molecule has 0 aromatic rings. The second kappa shape index (κ2) is 9.19. The van der Waals surface area contributed by atoms with Crippen molar-refractivity contribution in [1.29, 1.82) is 0 Å². The minimum absolute atomic E-state index is 0.0346. The standard InChI is InChI=1S/C16H24O4/c1-6-11-16(14(17)19-7-2,15(18)20-8-3)12-9-10-13(4)5/h1,9-10,13H,7-8,11-12H2,2-5H3. The van der Waals surface area contributed by atoms with Crippen molar-refractivity contribution >= 4 is 11.9 Å². The van der Waals surface area contributed by atoms with Crippen molar-refractivity contribution in [2.24, 2.45) is 11.3 Å². The van der Waals surface area contributed by atoms with Crippen LogP contribution < -0.4 is 0 Å². The highest BCUT2D eigenvalue weighted by atomic mass is 16.6. The summed E-state index contributed by atoms with van der Waals surface area (Å²) >= 11 is 0. The van der Waals surface area contributed by atoms with Gasteiger partial charge in [-0.05, 0) is 26.2 Å². The average Bonchev–Trinajstić information content (AvgIpc) is 2.37. The Kier molecular flexibility index (Phi) is 8.38. The van der Waals surface area contributed by atoms with E-state index in [2.05, 4.69) is 5.92 Å². The first kappa shape index (κ1) is 18.2. The predicted octanol–water partition coefficient (Wildman–Crippen LogP) is 2.72. The fourth-order valence-corrected chi connectivity index (χ4v) is 1.72. The maximum Gasteiger partial charge on any atom is 0.324 e. The largest absolute Gasteiger partial charge is 0.465 e. The minimum atomic E-state index is -1.44. The zero-order chi connectivity index (χ0) is 15.6. The number of rotatable bonds is 8. The zero-order valence-electron chi connectivity index (χ0n) is 12.8. The molecule has 0 aliphatic heterocycles. The van der Waals surface area contributed by atoms with E-state index in [0.717, 1.165) is 0 Å². The Bertz CT molecular complexity index is 370. The van der Waals surface area contributed by atoms with Crippen molar-refractivity contribution in [3.63, 3.8) is 0 Å². The van der Waals surface area contributed by atoms with Gasteiger partial charge in [-0.2, -0.15) is 0 Å². The van der Waals surface area contributed by atoms with Gasteiger partial charge in [-0.25, -0.2) is 0 Å². The molecule has 0 aliphatic rings. The Balaban J connectivity index is 5.38. The van der Waals surface area contributed by atoms with Crippen LogP contribution in [0.2, 0.25) is 0 Å². The molecule has 112 valence electrons. The number of esters is 2. The molecule has 4 nitrogen and oxygen atoms in total. The van der Waals surface area contributed by atoms with Gasteiger partial charge in [-0.1, -0.05) is 26.0 Å². The minimum Gasteiger partial charge on any atom is -0.465 e. The van der Waals surface area contributed by atoms with Crippen molar-refractivity contribution < 1.29 is 19.1 Å². The molecule has 0 fully saturated rings. The molecule has 0 unspecified atom stereocenters. The van der Waals surface area contributed by atoms with Crippen LogP contribution in [0.4, 0.5) is 0 Å². The number of hydrogen-bond acceptors (Lipinski definition) is 4. The highest BCUT2D eigenvalue weighted by Crippen LogP contribution is 2.31. The number of terminal acetylenes is 1. The first-order valence-corrected chi connectivity index (χ1v) is 6.89. The molecule has 0 aliphatic carbocycles. The third-order valence-corrected chi connectivity index (χ3v) is 2.72. The van der Waals surface area contributed by atoms with Crippen molar-refractivity contribution in [2.75, 3.05) is 13.2 Å². The summed E-state index contributed by atoms with van der Waals surface area (Å²) in [7, 11) is 0. The van der Waals surface area contributed by atoms with Gasteiger partial charge in [0, 0.05) is 6.42 Å². The lowest BCUT2D eigenvalue weighted by Crippen LogP contribution is -2.41. The summed E-state index contributed by atoms with van der Waals surface area (Å²) in [5.74, 6) is 1.47. The van der Waals surface area contributed by atoms with E-state index < -0.39 is 17.4 Å². The Labute approximate surface area is 121 Å². The summed E-state index contributed by atoms with van der Waals surface area (Å²) in [6.45, 7) is 7.78. The van der Waals surface area contributed by atoms with E-state index in [9.17, 15) is 9.59 Å². The highest BCUT2D eigenvalue weighted by molar-refractivity contribution is 6.00. The summed E-state index contributed by atoms with van der Waals surface area (Å²) < 4.78 is 10.0. The molecular weight excluding hydrogens is 256 g/mol. The second-order valence-electron chi connectivity index (χ2n) is 4.78. The van der Waals surface area contributed by atoms with Gasteiger partial charge in [0.1, 0.15) is 0 Å². The van der Waals surface area contributed by atoms with Crippen molar-refractivity contribution in [3.05, 3.63) is 12.2 Å². The van der Waals surface area contributed by atoms with Gasteiger partial charge in [0.2, 0.25) is 0 Å². The van der Waals surface area contributed by atoms with Crippen LogP contribution in [0.25, 0.3) is 0 Å². The van der Waals surface area contributed by atoms with Gasteiger partial charge in [0.15, 0.2) is 5.41 Å². The van der Waals surface area contributed by atoms with E-state index in [1.165, 1.54) is 0 Å². The molecule has 20 heavy (non-hydrogen) atoms. The van der Waals surface area contributed by atoms with Crippen LogP contribution in [0.3, 0.4) is 0 Å². The molecule has 0 aromatic heterocycles. The van der Waals surface area contributed by atoms with E-state index in [-0.39, 0.29) is 26.1 Å². The lowest BCUT2D eigenvalue weighted by atomic mass is 9.81. The lowest BCUT2D eigenvalue weighted by molar-refractivity contribution is -0.171. The molecule has 0 bridgehead atoms. The molecule has 0 saturated carbocycles. The van der Waals surface area contributed by atoms with Gasteiger partial charge in [0.05, 0.1) is 13.2 Å². The molecule has 0 radical (unpaired) electrons. The predicted molar refractivity (Wildman–Crippen MR) is 77.7 cm³/mol. The molecule has 4 heteroatoms. The molecular formula is C16H24O4. The van der Waals surface area contributed by atoms with Crippen molar-refractivity contribution in [1.82, 2.24) is 0 Å². The first-order chi connectivity index (χ1) is 9.44. The van der Waals surface area contributed by atoms with E-state index in [0.29, 0.717) is 5.92 Å². The summed E-state index contributed by atoms with van der Waals surface area (Å²) in [6, 6.07) is 0. The SMILES string of the molecule is C#CCC(CC=CC(C)C)(C(=O)OCC)C(=O)OCC. The van der Waals surface area contributed by atoms with Crippen LogP contribution in [0.15, 0.2) is 12.2 Å². The van der Waals surface area contributed by atoms with E-state index in [1.54, 1.807) is 19.9 Å². The number of hydrogen-bond donors (Lipinski definition) is 0. The van der Waals surface area contributed by atoms with Crippen LogP contribution in [-0.2, 0) is 19.1 Å². The smallest absolute Gasteiger partial charge is 0.324 e. The highest BCUT2D eigenvalue weighted by Gasteiger charge is 2.47. The van der Waals surface area contributed by atoms with Crippen LogP contribution in [0, 0.1) is 23.7 Å². The summed E-state index contributed by atoms with van der Waals surface area (Å²) in [4.78, 5) is 24.4. The molecule has 0 rings (SSSR count). The van der Waals surface area contributed by atoms with Gasteiger partial charge in [0.25, 0.3) is 0 Å². The number of ether oxygens (including phenoxy) is 2. The van der Waals surface area contributed by atoms with Crippen molar-refractivity contribution in [3.8, 4) is 12.3 Å². The topological polar surface area (TPSA) is 52.6 Å². The van der Waals surface area contributed by atoms with E-state index >= 15 is 0 Å². The molecule has 0 amide bonds. The third kappa shape index (κ3) is 5.08.